The molecule has 1 saturated heterocycles. The lowest BCUT2D eigenvalue weighted by molar-refractivity contribution is 0.101. The lowest BCUT2D eigenvalue weighted by Gasteiger charge is -2.11. The minimum absolute atomic E-state index is 0.330. The summed E-state index contributed by atoms with van der Waals surface area (Å²) in [5.74, 6) is 0.503. The van der Waals surface area contributed by atoms with E-state index in [9.17, 15) is 0 Å². The van der Waals surface area contributed by atoms with E-state index in [2.05, 4.69) is 11.1 Å². The molecule has 0 aliphatic carbocycles. The molecule has 2 aromatic rings. The van der Waals surface area contributed by atoms with Crippen LogP contribution in [-0.2, 0) is 11.3 Å². The van der Waals surface area contributed by atoms with Crippen LogP contribution in [-0.4, -0.2) is 22.3 Å². The van der Waals surface area contributed by atoms with E-state index < -0.39 is 0 Å². The highest BCUT2D eigenvalue weighted by molar-refractivity contribution is 5.79. The number of aryl methyl sites for hydroxylation is 1. The van der Waals surface area contributed by atoms with Gasteiger partial charge >= 0.3 is 0 Å². The number of rotatable bonds is 3. The Hall–Kier alpha value is -2.06. The molecule has 1 aromatic heterocycles. The molecule has 0 bridgehead atoms. The highest BCUT2D eigenvalue weighted by atomic mass is 16.5. The summed E-state index contributed by atoms with van der Waals surface area (Å²) >= 11 is 0. The van der Waals surface area contributed by atoms with Gasteiger partial charge in [0.25, 0.3) is 0 Å². The number of fused-ring (bicyclic) bond motifs is 1. The molecule has 1 aromatic carbocycles. The first-order valence-corrected chi connectivity index (χ1v) is 6.55. The van der Waals surface area contributed by atoms with E-state index in [4.69, 9.17) is 15.7 Å². The van der Waals surface area contributed by atoms with Crippen molar-refractivity contribution in [3.05, 3.63) is 23.8 Å². The molecule has 98 valence electrons. The Morgan fingerprint density at radius 1 is 1.53 bits per heavy atom. The van der Waals surface area contributed by atoms with Crippen molar-refractivity contribution in [2.45, 2.75) is 31.9 Å². The second-order valence-electron chi connectivity index (χ2n) is 4.86. The SMILES string of the molecule is N#Cc1ccc2nc(N)n(CCC3CCCO3)c2c1. The van der Waals surface area contributed by atoms with Crippen LogP contribution in [0.3, 0.4) is 0 Å². The number of hydrogen-bond donors (Lipinski definition) is 1. The average Bonchev–Trinajstić information content (AvgIpc) is 3.03. The third kappa shape index (κ3) is 2.27. The van der Waals surface area contributed by atoms with E-state index in [-0.39, 0.29) is 0 Å². The topological polar surface area (TPSA) is 76.9 Å². The largest absolute Gasteiger partial charge is 0.378 e. The summed E-state index contributed by atoms with van der Waals surface area (Å²) in [6.45, 7) is 1.64. The first-order chi connectivity index (χ1) is 9.28. The predicted molar refractivity (Wildman–Crippen MR) is 72.5 cm³/mol. The van der Waals surface area contributed by atoms with Crippen LogP contribution in [0.2, 0.25) is 0 Å². The first kappa shape index (κ1) is 12.0. The Morgan fingerprint density at radius 3 is 3.16 bits per heavy atom. The fourth-order valence-electron chi connectivity index (χ4n) is 2.59. The molecule has 2 N–H and O–H groups in total. The summed E-state index contributed by atoms with van der Waals surface area (Å²) in [5.41, 5.74) is 8.35. The molecule has 2 heterocycles. The third-order valence-electron chi connectivity index (χ3n) is 3.61. The van der Waals surface area contributed by atoms with Gasteiger partial charge in [0.1, 0.15) is 0 Å². The molecule has 5 heteroatoms. The minimum Gasteiger partial charge on any atom is -0.378 e. The van der Waals surface area contributed by atoms with E-state index in [0.29, 0.717) is 17.6 Å². The van der Waals surface area contributed by atoms with Gasteiger partial charge in [0.05, 0.1) is 28.8 Å². The fourth-order valence-corrected chi connectivity index (χ4v) is 2.59. The molecule has 0 saturated carbocycles. The van der Waals surface area contributed by atoms with Crippen LogP contribution in [0.25, 0.3) is 11.0 Å². The Bertz CT molecular complexity index is 635. The van der Waals surface area contributed by atoms with Gasteiger partial charge in [0.2, 0.25) is 5.95 Å². The summed E-state index contributed by atoms with van der Waals surface area (Å²) < 4.78 is 7.59. The van der Waals surface area contributed by atoms with Gasteiger partial charge in [0, 0.05) is 13.2 Å². The van der Waals surface area contributed by atoms with Crippen molar-refractivity contribution in [2.75, 3.05) is 12.3 Å². The molecular weight excluding hydrogens is 240 g/mol. The second kappa shape index (κ2) is 4.90. The number of anilines is 1. The fraction of sp³-hybridized carbons (Fsp3) is 0.429. The minimum atomic E-state index is 0.330. The number of nitriles is 1. The van der Waals surface area contributed by atoms with Gasteiger partial charge in [-0.2, -0.15) is 5.26 Å². The van der Waals surface area contributed by atoms with Gasteiger partial charge in [-0.1, -0.05) is 0 Å². The van der Waals surface area contributed by atoms with Gasteiger partial charge in [-0.3, -0.25) is 0 Å². The third-order valence-corrected chi connectivity index (χ3v) is 3.61. The van der Waals surface area contributed by atoms with Crippen molar-refractivity contribution in [1.82, 2.24) is 9.55 Å². The zero-order chi connectivity index (χ0) is 13.2. The van der Waals surface area contributed by atoms with Gasteiger partial charge in [-0.25, -0.2) is 4.98 Å². The number of imidazole rings is 1. The highest BCUT2D eigenvalue weighted by Crippen LogP contribution is 2.22. The standard InChI is InChI=1S/C14H16N4O/c15-9-10-3-4-12-13(8-10)18(14(16)17-12)6-5-11-2-1-7-19-11/h3-4,8,11H,1-2,5-7H2,(H2,16,17). The Balaban J connectivity index is 1.88. The average molecular weight is 256 g/mol. The van der Waals surface area contributed by atoms with Gasteiger partial charge < -0.3 is 15.0 Å². The molecule has 19 heavy (non-hydrogen) atoms. The summed E-state index contributed by atoms with van der Waals surface area (Å²) in [7, 11) is 0. The van der Waals surface area contributed by atoms with Crippen molar-refractivity contribution in [3.63, 3.8) is 0 Å². The Kier molecular flexibility index (Phi) is 3.10. The number of nitrogens with zero attached hydrogens (tertiary/aromatic N) is 3. The first-order valence-electron chi connectivity index (χ1n) is 6.55. The maximum atomic E-state index is 8.97. The smallest absolute Gasteiger partial charge is 0.201 e. The maximum Gasteiger partial charge on any atom is 0.201 e. The molecule has 1 aliphatic heterocycles. The van der Waals surface area contributed by atoms with Crippen LogP contribution >= 0.6 is 0 Å². The summed E-state index contributed by atoms with van der Waals surface area (Å²) in [5, 5.41) is 8.97. The Labute approximate surface area is 111 Å². The van der Waals surface area contributed by atoms with Crippen molar-refractivity contribution in [1.29, 1.82) is 5.26 Å². The Morgan fingerprint density at radius 2 is 2.42 bits per heavy atom. The van der Waals surface area contributed by atoms with Gasteiger partial charge in [0.15, 0.2) is 0 Å². The van der Waals surface area contributed by atoms with Crippen LogP contribution < -0.4 is 5.73 Å². The van der Waals surface area contributed by atoms with Crippen molar-refractivity contribution >= 4 is 17.0 Å². The zero-order valence-corrected chi connectivity index (χ0v) is 10.7. The number of nitrogen functional groups attached to an aromatic ring is 1. The number of aromatic nitrogens is 2. The summed E-state index contributed by atoms with van der Waals surface area (Å²) in [4.78, 5) is 4.32. The molecule has 3 rings (SSSR count). The lowest BCUT2D eigenvalue weighted by atomic mass is 10.2. The molecule has 0 amide bonds. The molecule has 1 unspecified atom stereocenters. The van der Waals surface area contributed by atoms with Crippen LogP contribution in [0.4, 0.5) is 5.95 Å². The highest BCUT2D eigenvalue weighted by Gasteiger charge is 2.17. The quantitative estimate of drug-likeness (QED) is 0.911. The van der Waals surface area contributed by atoms with Crippen molar-refractivity contribution < 1.29 is 4.74 Å². The van der Waals surface area contributed by atoms with E-state index >= 15 is 0 Å². The van der Waals surface area contributed by atoms with Crippen LogP contribution in [0.1, 0.15) is 24.8 Å². The molecule has 1 atom stereocenters. The lowest BCUT2D eigenvalue weighted by Crippen LogP contribution is -2.11. The maximum absolute atomic E-state index is 8.97. The van der Waals surface area contributed by atoms with Crippen molar-refractivity contribution in [3.8, 4) is 6.07 Å². The number of ether oxygens (including phenoxy) is 1. The monoisotopic (exact) mass is 256 g/mol. The molecule has 0 radical (unpaired) electrons. The summed E-state index contributed by atoms with van der Waals surface area (Å²) in [6.07, 6.45) is 3.53. The van der Waals surface area contributed by atoms with Crippen LogP contribution in [0.5, 0.6) is 0 Å². The molecule has 5 nitrogen and oxygen atoms in total. The number of hydrogen-bond acceptors (Lipinski definition) is 4. The van der Waals surface area contributed by atoms with E-state index in [1.807, 2.05) is 16.7 Å². The summed E-state index contributed by atoms with van der Waals surface area (Å²) in [6, 6.07) is 7.59. The van der Waals surface area contributed by atoms with E-state index in [0.717, 1.165) is 43.4 Å². The molecular formula is C14H16N4O. The van der Waals surface area contributed by atoms with Gasteiger partial charge in [-0.15, -0.1) is 0 Å². The van der Waals surface area contributed by atoms with Gasteiger partial charge in [-0.05, 0) is 37.5 Å². The number of nitrogens with two attached hydrogens (primary N) is 1. The second-order valence-corrected chi connectivity index (χ2v) is 4.86. The number of benzene rings is 1. The zero-order valence-electron chi connectivity index (χ0n) is 10.7. The predicted octanol–water partition coefficient (Wildman–Crippen LogP) is 2.06. The normalized spacial score (nSPS) is 18.8. The van der Waals surface area contributed by atoms with E-state index in [1.165, 1.54) is 0 Å². The molecule has 1 fully saturated rings. The van der Waals surface area contributed by atoms with E-state index in [1.54, 1.807) is 6.07 Å². The molecule has 1 aliphatic rings. The van der Waals surface area contributed by atoms with Crippen LogP contribution in [0.15, 0.2) is 18.2 Å². The molecule has 0 spiro atoms. The van der Waals surface area contributed by atoms with Crippen LogP contribution in [0, 0.1) is 11.3 Å². The van der Waals surface area contributed by atoms with Crippen molar-refractivity contribution in [2.24, 2.45) is 0 Å².